The van der Waals surface area contributed by atoms with Crippen LogP contribution in [0.5, 0.6) is 0 Å². The lowest BCUT2D eigenvalue weighted by Crippen LogP contribution is -2.53. The van der Waals surface area contributed by atoms with Crippen molar-refractivity contribution in [2.45, 2.75) is 97.4 Å². The number of unbranched alkanes of at least 4 members (excludes halogenated alkanes) is 9. The van der Waals surface area contributed by atoms with Gasteiger partial charge in [0.1, 0.15) is 5.54 Å². The van der Waals surface area contributed by atoms with Crippen LogP contribution >= 0.6 is 0 Å². The molecule has 0 aromatic rings. The van der Waals surface area contributed by atoms with Gasteiger partial charge in [-0.2, -0.15) is 0 Å². The number of carboxylic acid groups (broad SMARTS) is 1. The van der Waals surface area contributed by atoms with Gasteiger partial charge in [0.15, 0.2) is 0 Å². The minimum absolute atomic E-state index is 0.0955. The number of nitrogens with one attached hydrogen (secondary N) is 1. The van der Waals surface area contributed by atoms with Crippen LogP contribution in [-0.2, 0) is 4.79 Å². The summed E-state index contributed by atoms with van der Waals surface area (Å²) in [5.74, 6) is -0.650. The maximum absolute atomic E-state index is 11.3. The quantitative estimate of drug-likeness (QED) is 0.444. The van der Waals surface area contributed by atoms with Crippen molar-refractivity contribution in [3.63, 3.8) is 0 Å². The first-order valence-corrected chi connectivity index (χ1v) is 8.93. The summed E-state index contributed by atoms with van der Waals surface area (Å²) in [6.45, 7) is 8.76. The van der Waals surface area contributed by atoms with Gasteiger partial charge in [-0.25, -0.2) is 0 Å². The minimum Gasteiger partial charge on any atom is -0.480 e. The molecule has 0 spiro atoms. The molecular formula is C18H37NO2. The summed E-state index contributed by atoms with van der Waals surface area (Å²) in [4.78, 5) is 11.3. The first-order valence-electron chi connectivity index (χ1n) is 8.93. The second kappa shape index (κ2) is 12.0. The molecule has 0 radical (unpaired) electrons. The molecule has 0 heterocycles. The van der Waals surface area contributed by atoms with E-state index in [1.54, 1.807) is 6.92 Å². The van der Waals surface area contributed by atoms with Crippen LogP contribution in [-0.4, -0.2) is 23.2 Å². The van der Waals surface area contributed by atoms with E-state index in [1.165, 1.54) is 57.8 Å². The van der Waals surface area contributed by atoms with Gasteiger partial charge in [-0.3, -0.25) is 4.79 Å². The van der Waals surface area contributed by atoms with Crippen molar-refractivity contribution in [2.24, 2.45) is 5.92 Å². The zero-order valence-corrected chi connectivity index (χ0v) is 14.7. The Bertz CT molecular complexity index is 266. The lowest BCUT2D eigenvalue weighted by atomic mass is 9.88. The number of hydrogen-bond acceptors (Lipinski definition) is 2. The van der Waals surface area contributed by atoms with E-state index in [0.717, 1.165) is 13.0 Å². The van der Waals surface area contributed by atoms with Crippen molar-refractivity contribution in [1.29, 1.82) is 0 Å². The summed E-state index contributed by atoms with van der Waals surface area (Å²) in [5, 5.41) is 12.5. The van der Waals surface area contributed by atoms with Crippen LogP contribution < -0.4 is 5.32 Å². The smallest absolute Gasteiger partial charge is 0.323 e. The molecule has 126 valence electrons. The van der Waals surface area contributed by atoms with Gasteiger partial charge in [0.25, 0.3) is 0 Å². The Balaban J connectivity index is 3.49. The summed E-state index contributed by atoms with van der Waals surface area (Å²) in [5.41, 5.74) is -0.792. The fourth-order valence-electron chi connectivity index (χ4n) is 2.49. The maximum atomic E-state index is 11.3. The van der Waals surface area contributed by atoms with Crippen LogP contribution in [0.2, 0.25) is 0 Å². The van der Waals surface area contributed by atoms with Crippen LogP contribution in [0.1, 0.15) is 91.9 Å². The second-order valence-electron chi connectivity index (χ2n) is 6.77. The Morgan fingerprint density at radius 3 is 1.76 bits per heavy atom. The molecule has 0 aliphatic rings. The molecule has 1 atom stereocenters. The first kappa shape index (κ1) is 20.4. The predicted molar refractivity (Wildman–Crippen MR) is 90.7 cm³/mol. The van der Waals surface area contributed by atoms with Crippen LogP contribution in [0.4, 0.5) is 0 Å². The van der Waals surface area contributed by atoms with Crippen LogP contribution in [0.3, 0.4) is 0 Å². The van der Waals surface area contributed by atoms with E-state index in [2.05, 4.69) is 12.2 Å². The molecule has 0 aromatic heterocycles. The van der Waals surface area contributed by atoms with E-state index in [0.29, 0.717) is 0 Å². The normalized spacial score (nSPS) is 14.3. The average molecular weight is 299 g/mol. The van der Waals surface area contributed by atoms with Crippen molar-refractivity contribution < 1.29 is 9.90 Å². The van der Waals surface area contributed by atoms with Gasteiger partial charge in [0, 0.05) is 0 Å². The Labute approximate surface area is 131 Å². The molecule has 0 fully saturated rings. The fourth-order valence-corrected chi connectivity index (χ4v) is 2.49. The van der Waals surface area contributed by atoms with Crippen molar-refractivity contribution in [2.75, 3.05) is 6.54 Å². The summed E-state index contributed by atoms with van der Waals surface area (Å²) in [7, 11) is 0. The van der Waals surface area contributed by atoms with Crippen LogP contribution in [0.15, 0.2) is 0 Å². The highest BCUT2D eigenvalue weighted by Gasteiger charge is 2.35. The topological polar surface area (TPSA) is 49.3 Å². The molecule has 0 aliphatic carbocycles. The lowest BCUT2D eigenvalue weighted by Gasteiger charge is -2.30. The molecule has 3 heteroatoms. The van der Waals surface area contributed by atoms with Gasteiger partial charge in [-0.15, -0.1) is 0 Å². The number of rotatable bonds is 14. The van der Waals surface area contributed by atoms with E-state index >= 15 is 0 Å². The number of carboxylic acids is 1. The van der Waals surface area contributed by atoms with E-state index < -0.39 is 11.5 Å². The highest BCUT2D eigenvalue weighted by atomic mass is 16.4. The molecular weight excluding hydrogens is 262 g/mol. The SMILES string of the molecule is CCCCCCCCCCCCNC(C)(C(=O)O)C(C)C. The van der Waals surface area contributed by atoms with Gasteiger partial charge in [0.05, 0.1) is 0 Å². The number of aliphatic carboxylic acids is 1. The largest absolute Gasteiger partial charge is 0.480 e. The molecule has 0 aliphatic heterocycles. The van der Waals surface area contributed by atoms with E-state index in [4.69, 9.17) is 0 Å². The molecule has 2 N–H and O–H groups in total. The Morgan fingerprint density at radius 1 is 0.952 bits per heavy atom. The van der Waals surface area contributed by atoms with Gasteiger partial charge >= 0.3 is 5.97 Å². The molecule has 3 nitrogen and oxygen atoms in total. The fraction of sp³-hybridized carbons (Fsp3) is 0.944. The average Bonchev–Trinajstić information content (AvgIpc) is 2.44. The summed E-state index contributed by atoms with van der Waals surface area (Å²) in [6.07, 6.45) is 13.1. The van der Waals surface area contributed by atoms with Crippen molar-refractivity contribution in [1.82, 2.24) is 5.32 Å². The van der Waals surface area contributed by atoms with Crippen molar-refractivity contribution in [3.05, 3.63) is 0 Å². The Morgan fingerprint density at radius 2 is 1.38 bits per heavy atom. The molecule has 0 amide bonds. The summed E-state index contributed by atoms with van der Waals surface area (Å²) in [6, 6.07) is 0. The van der Waals surface area contributed by atoms with Crippen LogP contribution in [0, 0.1) is 5.92 Å². The lowest BCUT2D eigenvalue weighted by molar-refractivity contribution is -0.146. The molecule has 1 unspecified atom stereocenters. The third-order valence-corrected chi connectivity index (χ3v) is 4.62. The molecule has 0 aromatic carbocycles. The summed E-state index contributed by atoms with van der Waals surface area (Å²) >= 11 is 0. The molecule has 0 rings (SSSR count). The van der Waals surface area contributed by atoms with Gasteiger partial charge in [-0.1, -0.05) is 78.6 Å². The molecule has 0 bridgehead atoms. The van der Waals surface area contributed by atoms with Crippen LogP contribution in [0.25, 0.3) is 0 Å². The van der Waals surface area contributed by atoms with Gasteiger partial charge < -0.3 is 10.4 Å². The standard InChI is InChI=1S/C18H37NO2/c1-5-6-7-8-9-10-11-12-13-14-15-19-18(4,16(2)3)17(20)21/h16,19H,5-15H2,1-4H3,(H,20,21). The van der Waals surface area contributed by atoms with E-state index in [9.17, 15) is 9.90 Å². The third-order valence-electron chi connectivity index (χ3n) is 4.62. The Hall–Kier alpha value is -0.570. The second-order valence-corrected chi connectivity index (χ2v) is 6.77. The number of carbonyl (C=O) groups is 1. The Kier molecular flexibility index (Phi) is 11.7. The first-order chi connectivity index (χ1) is 9.95. The highest BCUT2D eigenvalue weighted by Crippen LogP contribution is 2.17. The van der Waals surface area contributed by atoms with Gasteiger partial charge in [0.2, 0.25) is 0 Å². The number of hydrogen-bond donors (Lipinski definition) is 2. The van der Waals surface area contributed by atoms with Gasteiger partial charge in [-0.05, 0) is 25.8 Å². The monoisotopic (exact) mass is 299 g/mol. The maximum Gasteiger partial charge on any atom is 0.323 e. The zero-order chi connectivity index (χ0) is 16.1. The van der Waals surface area contributed by atoms with E-state index in [-0.39, 0.29) is 5.92 Å². The molecule has 21 heavy (non-hydrogen) atoms. The van der Waals surface area contributed by atoms with E-state index in [1.807, 2.05) is 13.8 Å². The van der Waals surface area contributed by atoms with Crippen molar-refractivity contribution in [3.8, 4) is 0 Å². The predicted octanol–water partition coefficient (Wildman–Crippen LogP) is 5.00. The molecule has 0 saturated carbocycles. The zero-order valence-electron chi connectivity index (χ0n) is 14.7. The molecule has 0 saturated heterocycles. The third kappa shape index (κ3) is 9.13. The summed E-state index contributed by atoms with van der Waals surface area (Å²) < 4.78 is 0. The van der Waals surface area contributed by atoms with Crippen molar-refractivity contribution >= 4 is 5.97 Å². The highest BCUT2D eigenvalue weighted by molar-refractivity contribution is 5.78. The minimum atomic E-state index is -0.792.